The number of alkyl halides is 3. The second-order valence-electron chi connectivity index (χ2n) is 9.44. The molecular weight excluding hydrogens is 539 g/mol. The van der Waals surface area contributed by atoms with Crippen molar-refractivity contribution in [2.24, 2.45) is 0 Å². The van der Waals surface area contributed by atoms with Crippen molar-refractivity contribution < 1.29 is 27.9 Å². The summed E-state index contributed by atoms with van der Waals surface area (Å²) in [6, 6.07) is 13.1. The van der Waals surface area contributed by atoms with Crippen LogP contribution in [0.25, 0.3) is 0 Å². The predicted molar refractivity (Wildman–Crippen MR) is 142 cm³/mol. The third-order valence-electron chi connectivity index (χ3n) is 6.86. The zero-order chi connectivity index (χ0) is 28.2. The molecule has 2 heterocycles. The zero-order valence-corrected chi connectivity index (χ0v) is 22.0. The first-order valence-corrected chi connectivity index (χ1v) is 12.8. The number of aromatic nitrogens is 2. The van der Waals surface area contributed by atoms with E-state index in [0.717, 1.165) is 49.4 Å². The van der Waals surface area contributed by atoms with E-state index < -0.39 is 22.8 Å². The number of aliphatic hydroxyl groups is 1. The summed E-state index contributed by atoms with van der Waals surface area (Å²) >= 11 is 5.89. The Balaban J connectivity index is 1.21. The molecule has 1 atom stereocenters. The van der Waals surface area contributed by atoms with E-state index in [2.05, 4.69) is 9.88 Å². The number of anilines is 2. The molecule has 1 saturated heterocycles. The smallest absolute Gasteiger partial charge is 0.416 e. The minimum atomic E-state index is -4.34. The van der Waals surface area contributed by atoms with Crippen molar-refractivity contribution in [1.82, 2.24) is 9.55 Å². The minimum Gasteiger partial charge on any atom is -0.491 e. The van der Waals surface area contributed by atoms with Gasteiger partial charge in [0.15, 0.2) is 0 Å². The van der Waals surface area contributed by atoms with Crippen molar-refractivity contribution in [2.45, 2.75) is 44.1 Å². The third kappa shape index (κ3) is 7.33. The summed E-state index contributed by atoms with van der Waals surface area (Å²) in [6.07, 6.45) is -1.90. The maximum Gasteiger partial charge on any atom is 0.416 e. The highest BCUT2D eigenvalue weighted by atomic mass is 35.5. The van der Waals surface area contributed by atoms with Crippen molar-refractivity contribution in [3.8, 4) is 5.75 Å². The summed E-state index contributed by atoms with van der Waals surface area (Å²) in [4.78, 5) is 18.1. The lowest BCUT2D eigenvalue weighted by atomic mass is 10.0. The van der Waals surface area contributed by atoms with Gasteiger partial charge in [-0.15, -0.1) is 0 Å². The summed E-state index contributed by atoms with van der Waals surface area (Å²) < 4.78 is 45.6. The summed E-state index contributed by atoms with van der Waals surface area (Å²) in [5.41, 5.74) is 1.15. The number of ether oxygens (including phenoxy) is 1. The van der Waals surface area contributed by atoms with Gasteiger partial charge in [0.05, 0.1) is 11.7 Å². The minimum absolute atomic E-state index is 0.0133. The molecule has 0 saturated carbocycles. The van der Waals surface area contributed by atoms with Gasteiger partial charge in [-0.2, -0.15) is 13.2 Å². The maximum absolute atomic E-state index is 12.8. The van der Waals surface area contributed by atoms with Crippen molar-refractivity contribution in [1.29, 1.82) is 0 Å². The van der Waals surface area contributed by atoms with Crippen LogP contribution in [0.3, 0.4) is 0 Å². The third-order valence-corrected chi connectivity index (χ3v) is 7.17. The summed E-state index contributed by atoms with van der Waals surface area (Å²) in [6.45, 7) is 1.93. The molecular formula is C26H29ClF3N5O4. The Hall–Kier alpha value is -3.51. The zero-order valence-electron chi connectivity index (χ0n) is 21.2. The number of hydrogen-bond donors (Lipinski definition) is 1. The summed E-state index contributed by atoms with van der Waals surface area (Å²) in [5.74, 6) is 0.257. The fraction of sp³-hybridized carbons (Fsp3) is 0.423. The van der Waals surface area contributed by atoms with Gasteiger partial charge in [0.2, 0.25) is 0 Å². The van der Waals surface area contributed by atoms with Crippen molar-refractivity contribution in [3.05, 3.63) is 75.7 Å². The van der Waals surface area contributed by atoms with Crippen molar-refractivity contribution in [3.63, 3.8) is 0 Å². The molecule has 1 aromatic heterocycles. The quantitative estimate of drug-likeness (QED) is 0.259. The largest absolute Gasteiger partial charge is 0.491 e. The van der Waals surface area contributed by atoms with E-state index in [1.807, 2.05) is 36.2 Å². The van der Waals surface area contributed by atoms with Crippen molar-refractivity contribution >= 4 is 28.8 Å². The number of benzene rings is 2. The number of halogens is 4. The molecule has 0 amide bonds. The lowest BCUT2D eigenvalue weighted by Gasteiger charge is -2.39. The van der Waals surface area contributed by atoms with Crippen LogP contribution >= 0.6 is 11.6 Å². The van der Waals surface area contributed by atoms with Crippen LogP contribution in [-0.2, 0) is 12.7 Å². The van der Waals surface area contributed by atoms with Gasteiger partial charge >= 0.3 is 17.3 Å². The highest BCUT2D eigenvalue weighted by molar-refractivity contribution is 6.28. The number of nitrogens with zero attached hydrogens (tertiary/aromatic N) is 5. The van der Waals surface area contributed by atoms with E-state index in [9.17, 15) is 28.4 Å². The van der Waals surface area contributed by atoms with Gasteiger partial charge in [0, 0.05) is 44.1 Å². The topological polar surface area (TPSA) is 96.9 Å². The number of nitro groups is 1. The molecule has 4 rings (SSSR count). The molecule has 1 aliphatic rings. The number of aliphatic hydroxyl groups excluding tert-OH is 1. The van der Waals surface area contributed by atoms with Crippen LogP contribution < -0.4 is 14.5 Å². The van der Waals surface area contributed by atoms with Crippen LogP contribution in [0, 0.1) is 10.1 Å². The fourth-order valence-electron chi connectivity index (χ4n) is 4.55. The highest BCUT2D eigenvalue weighted by Gasteiger charge is 2.30. The number of piperidine rings is 1. The maximum atomic E-state index is 12.8. The first-order chi connectivity index (χ1) is 18.5. The van der Waals surface area contributed by atoms with Crippen LogP contribution in [-0.4, -0.2) is 58.5 Å². The molecule has 1 aliphatic heterocycles. The Labute approximate surface area is 228 Å². The Morgan fingerprint density at radius 3 is 2.38 bits per heavy atom. The summed E-state index contributed by atoms with van der Waals surface area (Å²) in [7, 11) is 1.91. The lowest BCUT2D eigenvalue weighted by Crippen LogP contribution is -2.43. The molecule has 39 heavy (non-hydrogen) atoms. The first-order valence-electron chi connectivity index (χ1n) is 12.4. The predicted octanol–water partition coefficient (Wildman–Crippen LogP) is 5.40. The van der Waals surface area contributed by atoms with E-state index in [1.54, 1.807) is 0 Å². The molecule has 9 nitrogen and oxygen atoms in total. The van der Waals surface area contributed by atoms with Gasteiger partial charge in [0.1, 0.15) is 18.6 Å². The molecule has 0 spiro atoms. The molecule has 210 valence electrons. The standard InChI is InChI=1S/C26H29ClF3N5O4/c1-32(19-4-2-18(3-5-19)26(28,29)30)20-10-13-33(14-11-20)21-6-8-23(9-7-21)39-17-22(36)12-15-34-16-24(35(37)38)31-25(34)27/h2-9,16,20,22,36H,10-15,17H2,1H3. The normalized spacial score (nSPS) is 15.3. The van der Waals surface area contributed by atoms with Crippen LogP contribution in [0.2, 0.25) is 5.28 Å². The van der Waals surface area contributed by atoms with Crippen LogP contribution in [0.4, 0.5) is 30.4 Å². The molecule has 1 fully saturated rings. The van der Waals surface area contributed by atoms with Crippen LogP contribution in [0.5, 0.6) is 5.75 Å². The average Bonchev–Trinajstić information content (AvgIpc) is 3.31. The molecule has 3 aromatic rings. The number of imidazole rings is 1. The molecule has 1 N–H and O–H groups in total. The number of rotatable bonds is 10. The van der Waals surface area contributed by atoms with Gasteiger partial charge in [-0.1, -0.05) is 0 Å². The second kappa shape index (κ2) is 12.1. The van der Waals surface area contributed by atoms with Crippen LogP contribution in [0.1, 0.15) is 24.8 Å². The van der Waals surface area contributed by atoms with Gasteiger partial charge in [-0.05, 0) is 89.3 Å². The van der Waals surface area contributed by atoms with E-state index in [0.29, 0.717) is 5.75 Å². The molecule has 13 heteroatoms. The average molecular weight is 568 g/mol. The van der Waals surface area contributed by atoms with Crippen LogP contribution in [0.15, 0.2) is 54.7 Å². The Kier molecular flexibility index (Phi) is 8.86. The monoisotopic (exact) mass is 567 g/mol. The van der Waals surface area contributed by atoms with Gasteiger partial charge in [-0.25, -0.2) is 0 Å². The Morgan fingerprint density at radius 2 is 1.82 bits per heavy atom. The Morgan fingerprint density at radius 1 is 1.18 bits per heavy atom. The fourth-order valence-corrected chi connectivity index (χ4v) is 4.77. The molecule has 0 radical (unpaired) electrons. The molecule has 0 bridgehead atoms. The first kappa shape index (κ1) is 28.5. The molecule has 0 aliphatic carbocycles. The highest BCUT2D eigenvalue weighted by Crippen LogP contribution is 2.32. The number of hydrogen-bond acceptors (Lipinski definition) is 7. The van der Waals surface area contributed by atoms with Gasteiger partial charge in [0.25, 0.3) is 0 Å². The Bertz CT molecular complexity index is 1250. The number of aryl methyl sites for hydroxylation is 1. The van der Waals surface area contributed by atoms with Gasteiger partial charge < -0.3 is 29.8 Å². The van der Waals surface area contributed by atoms with E-state index in [1.165, 1.54) is 22.9 Å². The van der Waals surface area contributed by atoms with E-state index in [-0.39, 0.29) is 36.7 Å². The van der Waals surface area contributed by atoms with E-state index >= 15 is 0 Å². The van der Waals surface area contributed by atoms with Gasteiger partial charge in [-0.3, -0.25) is 4.57 Å². The second-order valence-corrected chi connectivity index (χ2v) is 9.78. The summed E-state index contributed by atoms with van der Waals surface area (Å²) in [5, 5.41) is 21.0. The molecule has 2 aromatic carbocycles. The molecule has 1 unspecified atom stereocenters. The van der Waals surface area contributed by atoms with E-state index in [4.69, 9.17) is 16.3 Å². The SMILES string of the molecule is CN(c1ccc(C(F)(F)F)cc1)C1CCN(c2ccc(OCC(O)CCn3cc([N+](=O)[O-])nc3Cl)cc2)CC1. The lowest BCUT2D eigenvalue weighted by molar-refractivity contribution is -0.389. The van der Waals surface area contributed by atoms with Crippen molar-refractivity contribution in [2.75, 3.05) is 36.5 Å².